The van der Waals surface area contributed by atoms with Gasteiger partial charge in [-0.2, -0.15) is 0 Å². The summed E-state index contributed by atoms with van der Waals surface area (Å²) in [4.78, 5) is 0. The van der Waals surface area contributed by atoms with Crippen molar-refractivity contribution < 1.29 is 18.0 Å². The van der Waals surface area contributed by atoms with Crippen LogP contribution < -0.4 is 0 Å². The maximum atomic E-state index is 12.8. The van der Waals surface area contributed by atoms with Gasteiger partial charge in [-0.3, -0.25) is 4.57 Å². The van der Waals surface area contributed by atoms with Crippen molar-refractivity contribution in [3.63, 3.8) is 0 Å². The molecule has 1 heterocycles. The zero-order chi connectivity index (χ0) is 18.7. The Bertz CT molecular complexity index is 503. The first-order valence-corrected chi connectivity index (χ1v) is 11.3. The van der Waals surface area contributed by atoms with E-state index in [0.29, 0.717) is 11.8 Å². The second-order valence-electron chi connectivity index (χ2n) is 7.04. The van der Waals surface area contributed by atoms with Gasteiger partial charge in [0.15, 0.2) is 0 Å². The van der Waals surface area contributed by atoms with Gasteiger partial charge in [0.25, 0.3) is 0 Å². The van der Waals surface area contributed by atoms with Crippen LogP contribution in [0.15, 0.2) is 4.42 Å². The molecule has 0 spiro atoms. The van der Waals surface area contributed by atoms with Crippen LogP contribution in [0.3, 0.4) is 0 Å². The van der Waals surface area contributed by atoms with Gasteiger partial charge in [-0.15, -0.1) is 10.2 Å². The van der Waals surface area contributed by atoms with Crippen molar-refractivity contribution in [1.82, 2.24) is 10.2 Å². The van der Waals surface area contributed by atoms with Gasteiger partial charge in [0.05, 0.1) is 12.2 Å². The second kappa shape index (κ2) is 11.8. The first-order chi connectivity index (χ1) is 11.8. The first kappa shape index (κ1) is 22.3. The Kier molecular flexibility index (Phi) is 10.6. The van der Waals surface area contributed by atoms with E-state index in [0.717, 1.165) is 12.8 Å². The van der Waals surface area contributed by atoms with Gasteiger partial charge in [-0.1, -0.05) is 45.4 Å². The highest BCUT2D eigenvalue weighted by Gasteiger charge is 2.30. The molecule has 1 rings (SSSR count). The van der Waals surface area contributed by atoms with Crippen molar-refractivity contribution in [2.75, 3.05) is 0 Å². The molecule has 7 heteroatoms. The van der Waals surface area contributed by atoms with E-state index in [2.05, 4.69) is 17.1 Å². The molecule has 1 aromatic rings. The monoisotopic (exact) mass is 374 g/mol. The summed E-state index contributed by atoms with van der Waals surface area (Å²) < 4.78 is 29.5. The minimum absolute atomic E-state index is 0.0212. The van der Waals surface area contributed by atoms with E-state index in [1.165, 1.54) is 38.5 Å². The summed E-state index contributed by atoms with van der Waals surface area (Å²) in [5.41, 5.74) is 0. The van der Waals surface area contributed by atoms with Crippen LogP contribution in [0.2, 0.25) is 0 Å². The third kappa shape index (κ3) is 10.1. The summed E-state index contributed by atoms with van der Waals surface area (Å²) in [5, 5.41) is 8.06. The third-order valence-corrected chi connectivity index (χ3v) is 5.72. The van der Waals surface area contributed by atoms with E-state index in [1.807, 2.05) is 27.7 Å². The summed E-state index contributed by atoms with van der Waals surface area (Å²) >= 11 is 0. The number of hydrogen-bond acceptors (Lipinski definition) is 6. The molecule has 146 valence electrons. The Hall–Kier alpha value is -0.710. The highest BCUT2D eigenvalue weighted by atomic mass is 31.2. The molecule has 0 aliphatic rings. The van der Waals surface area contributed by atoms with Crippen molar-refractivity contribution in [2.45, 2.75) is 104 Å². The van der Waals surface area contributed by atoms with E-state index < -0.39 is 7.60 Å². The first-order valence-electron chi connectivity index (χ1n) is 9.61. The molecule has 0 fully saturated rings. The molecule has 0 bridgehead atoms. The standard InChI is InChI=1S/C18H35N2O4P/c1-6-7-8-9-10-11-12-13-17-19-20-18(22-17)14-25(21,23-15(2)3)24-16(4)5/h15-16H,6-14H2,1-5H3. The van der Waals surface area contributed by atoms with Gasteiger partial charge < -0.3 is 13.5 Å². The van der Waals surface area contributed by atoms with Gasteiger partial charge in [-0.05, 0) is 34.1 Å². The molecule has 0 aromatic carbocycles. The topological polar surface area (TPSA) is 74.5 Å². The quantitative estimate of drug-likeness (QED) is 0.298. The van der Waals surface area contributed by atoms with E-state index in [4.69, 9.17) is 13.5 Å². The number of aryl methyl sites for hydroxylation is 1. The average Bonchev–Trinajstić information content (AvgIpc) is 2.91. The highest BCUT2D eigenvalue weighted by Crippen LogP contribution is 2.53. The minimum Gasteiger partial charge on any atom is -0.425 e. The van der Waals surface area contributed by atoms with Crippen LogP contribution in [0.1, 0.15) is 91.3 Å². The molecule has 1 aromatic heterocycles. The lowest BCUT2D eigenvalue weighted by Gasteiger charge is -2.21. The summed E-state index contributed by atoms with van der Waals surface area (Å²) in [6, 6.07) is 0. The van der Waals surface area contributed by atoms with Crippen molar-refractivity contribution in [3.05, 3.63) is 11.8 Å². The number of unbranched alkanes of at least 4 members (excludes halogenated alkanes) is 6. The van der Waals surface area contributed by atoms with E-state index in [1.54, 1.807) is 0 Å². The number of nitrogens with zero attached hydrogens (tertiary/aromatic N) is 2. The summed E-state index contributed by atoms with van der Waals surface area (Å²) in [7, 11) is -3.28. The van der Waals surface area contributed by atoms with Gasteiger partial charge in [0.2, 0.25) is 11.8 Å². The fourth-order valence-corrected chi connectivity index (χ4v) is 4.54. The minimum atomic E-state index is -3.28. The Balaban J connectivity index is 2.43. The maximum absolute atomic E-state index is 12.8. The summed E-state index contributed by atoms with van der Waals surface area (Å²) in [6.07, 6.45) is 9.07. The largest absolute Gasteiger partial charge is 0.425 e. The van der Waals surface area contributed by atoms with E-state index in [9.17, 15) is 4.57 Å². The normalized spacial score (nSPS) is 12.4. The zero-order valence-electron chi connectivity index (χ0n) is 16.5. The van der Waals surface area contributed by atoms with Crippen LogP contribution in [0.25, 0.3) is 0 Å². The van der Waals surface area contributed by atoms with Gasteiger partial charge in [0, 0.05) is 6.42 Å². The molecule has 6 nitrogen and oxygen atoms in total. The van der Waals surface area contributed by atoms with Crippen LogP contribution in [0, 0.1) is 0 Å². The summed E-state index contributed by atoms with van der Waals surface area (Å²) in [6.45, 7) is 9.54. The summed E-state index contributed by atoms with van der Waals surface area (Å²) in [5.74, 6) is 0.923. The second-order valence-corrected chi connectivity index (χ2v) is 9.00. The van der Waals surface area contributed by atoms with E-state index >= 15 is 0 Å². The molecule has 0 saturated heterocycles. The lowest BCUT2D eigenvalue weighted by Crippen LogP contribution is -2.09. The third-order valence-electron chi connectivity index (χ3n) is 3.57. The molecule has 0 aliphatic carbocycles. The maximum Gasteiger partial charge on any atom is 0.340 e. The molecule has 0 saturated carbocycles. The SMILES string of the molecule is CCCCCCCCCc1nnc(CP(=O)(OC(C)C)OC(C)C)o1. The van der Waals surface area contributed by atoms with Crippen LogP contribution in [-0.4, -0.2) is 22.4 Å². The van der Waals surface area contributed by atoms with Crippen molar-refractivity contribution >= 4 is 7.60 Å². The predicted octanol–water partition coefficient (Wildman–Crippen LogP) is 5.91. The van der Waals surface area contributed by atoms with Crippen LogP contribution >= 0.6 is 7.60 Å². The Labute approximate surface area is 152 Å². The number of aromatic nitrogens is 2. The molecule has 0 N–H and O–H groups in total. The van der Waals surface area contributed by atoms with Crippen molar-refractivity contribution in [3.8, 4) is 0 Å². The molecule has 0 amide bonds. The fourth-order valence-electron chi connectivity index (χ4n) is 2.59. The Morgan fingerprint density at radius 1 is 0.880 bits per heavy atom. The van der Waals surface area contributed by atoms with Crippen LogP contribution in [-0.2, 0) is 26.2 Å². The van der Waals surface area contributed by atoms with Crippen LogP contribution in [0.5, 0.6) is 0 Å². The van der Waals surface area contributed by atoms with Crippen molar-refractivity contribution in [2.24, 2.45) is 0 Å². The molecular weight excluding hydrogens is 339 g/mol. The molecule has 25 heavy (non-hydrogen) atoms. The fraction of sp³-hybridized carbons (Fsp3) is 0.889. The van der Waals surface area contributed by atoms with Crippen LogP contribution in [0.4, 0.5) is 0 Å². The number of hydrogen-bond donors (Lipinski definition) is 0. The number of rotatable bonds is 14. The van der Waals surface area contributed by atoms with Gasteiger partial charge in [0.1, 0.15) is 6.16 Å². The molecule has 0 radical (unpaired) electrons. The zero-order valence-corrected chi connectivity index (χ0v) is 17.4. The molecule has 0 aliphatic heterocycles. The lowest BCUT2D eigenvalue weighted by atomic mass is 10.1. The van der Waals surface area contributed by atoms with Gasteiger partial charge in [-0.25, -0.2) is 0 Å². The predicted molar refractivity (Wildman–Crippen MR) is 99.7 cm³/mol. The van der Waals surface area contributed by atoms with Gasteiger partial charge >= 0.3 is 7.60 Å². The smallest absolute Gasteiger partial charge is 0.340 e. The van der Waals surface area contributed by atoms with E-state index in [-0.39, 0.29) is 18.4 Å². The average molecular weight is 374 g/mol. The molecule has 0 unspecified atom stereocenters. The Morgan fingerprint density at radius 2 is 1.40 bits per heavy atom. The highest BCUT2D eigenvalue weighted by molar-refractivity contribution is 7.53. The molecule has 0 atom stereocenters. The van der Waals surface area contributed by atoms with Crippen molar-refractivity contribution in [1.29, 1.82) is 0 Å². The lowest BCUT2D eigenvalue weighted by molar-refractivity contribution is 0.140. The Morgan fingerprint density at radius 3 is 1.96 bits per heavy atom. The molecular formula is C18H35N2O4P.